The van der Waals surface area contributed by atoms with Crippen molar-refractivity contribution in [1.82, 2.24) is 5.32 Å². The number of rotatable bonds is 6. The normalized spacial score (nSPS) is 11.3. The Labute approximate surface area is 128 Å². The Morgan fingerprint density at radius 2 is 2.09 bits per heavy atom. The van der Waals surface area contributed by atoms with Gasteiger partial charge in [-0.1, -0.05) is 18.2 Å². The van der Waals surface area contributed by atoms with Gasteiger partial charge in [-0.05, 0) is 36.8 Å². The second-order valence-electron chi connectivity index (χ2n) is 4.99. The van der Waals surface area contributed by atoms with E-state index in [1.807, 2.05) is 30.3 Å². The van der Waals surface area contributed by atoms with Crippen LogP contribution in [0.5, 0.6) is 0 Å². The zero-order valence-electron chi connectivity index (χ0n) is 12.1. The van der Waals surface area contributed by atoms with Crippen LogP contribution < -0.4 is 5.32 Å². The summed E-state index contributed by atoms with van der Waals surface area (Å²) in [5.41, 5.74) is 0.905. The van der Waals surface area contributed by atoms with Crippen molar-refractivity contribution < 1.29 is 13.6 Å². The largest absolute Gasteiger partial charge is 0.465 e. The van der Waals surface area contributed by atoms with Gasteiger partial charge in [-0.3, -0.25) is 4.79 Å². The van der Waals surface area contributed by atoms with Crippen LogP contribution in [0.15, 0.2) is 63.6 Å². The lowest BCUT2D eigenvalue weighted by molar-refractivity contribution is -0.116. The van der Waals surface area contributed by atoms with Gasteiger partial charge < -0.3 is 14.2 Å². The Hall–Kier alpha value is -2.75. The molecule has 3 rings (SSSR count). The van der Waals surface area contributed by atoms with Gasteiger partial charge in [0.2, 0.25) is 5.91 Å². The number of hydrogen-bond acceptors (Lipinski definition) is 3. The fourth-order valence-corrected chi connectivity index (χ4v) is 2.24. The number of furan rings is 2. The summed E-state index contributed by atoms with van der Waals surface area (Å²) >= 11 is 0. The number of carbonyl (C=O) groups is 1. The van der Waals surface area contributed by atoms with Crippen LogP contribution in [0.1, 0.15) is 17.9 Å². The minimum atomic E-state index is -0.124. The number of benzene rings is 1. The van der Waals surface area contributed by atoms with Crippen molar-refractivity contribution in [2.24, 2.45) is 0 Å². The molecule has 0 aliphatic carbocycles. The van der Waals surface area contributed by atoms with Gasteiger partial charge in [0.15, 0.2) is 0 Å². The van der Waals surface area contributed by atoms with E-state index in [0.29, 0.717) is 12.3 Å². The molecule has 3 aromatic rings. The zero-order chi connectivity index (χ0) is 15.2. The molecule has 0 fully saturated rings. The first-order valence-corrected chi connectivity index (χ1v) is 7.28. The quantitative estimate of drug-likeness (QED) is 0.556. The van der Waals surface area contributed by atoms with Crippen molar-refractivity contribution in [3.8, 4) is 0 Å². The van der Waals surface area contributed by atoms with E-state index in [4.69, 9.17) is 8.83 Å². The van der Waals surface area contributed by atoms with E-state index in [-0.39, 0.29) is 5.91 Å². The van der Waals surface area contributed by atoms with E-state index in [0.717, 1.165) is 29.6 Å². The van der Waals surface area contributed by atoms with E-state index in [2.05, 4.69) is 5.32 Å². The molecule has 0 aliphatic rings. The summed E-state index contributed by atoms with van der Waals surface area (Å²) in [7, 11) is 0. The molecule has 2 aromatic heterocycles. The number of carbonyl (C=O) groups excluding carboxylic acids is 1. The van der Waals surface area contributed by atoms with Crippen molar-refractivity contribution in [2.45, 2.75) is 12.8 Å². The Kier molecular flexibility index (Phi) is 4.39. The van der Waals surface area contributed by atoms with Gasteiger partial charge in [-0.25, -0.2) is 0 Å². The Balaban J connectivity index is 1.42. The van der Waals surface area contributed by atoms with Crippen LogP contribution in [-0.4, -0.2) is 12.5 Å². The highest BCUT2D eigenvalue weighted by Crippen LogP contribution is 2.19. The molecule has 1 aromatic carbocycles. The number of hydrogen-bond donors (Lipinski definition) is 1. The molecule has 0 radical (unpaired) electrons. The lowest BCUT2D eigenvalue weighted by Crippen LogP contribution is -2.22. The van der Waals surface area contributed by atoms with Crippen LogP contribution in [0.3, 0.4) is 0 Å². The van der Waals surface area contributed by atoms with Crippen LogP contribution in [-0.2, 0) is 11.2 Å². The van der Waals surface area contributed by atoms with Crippen LogP contribution in [0, 0.1) is 0 Å². The molecule has 4 nitrogen and oxygen atoms in total. The molecule has 0 saturated heterocycles. The first-order chi connectivity index (χ1) is 10.8. The molecule has 2 heterocycles. The Morgan fingerprint density at radius 1 is 1.18 bits per heavy atom. The van der Waals surface area contributed by atoms with Crippen molar-refractivity contribution in [3.05, 3.63) is 66.3 Å². The maximum atomic E-state index is 11.6. The third-order valence-electron chi connectivity index (χ3n) is 3.32. The van der Waals surface area contributed by atoms with Gasteiger partial charge in [0.25, 0.3) is 0 Å². The van der Waals surface area contributed by atoms with Gasteiger partial charge in [0.1, 0.15) is 17.1 Å². The monoisotopic (exact) mass is 295 g/mol. The number of aryl methyl sites for hydroxylation is 1. The van der Waals surface area contributed by atoms with Gasteiger partial charge in [-0.15, -0.1) is 0 Å². The average Bonchev–Trinajstić information content (AvgIpc) is 3.18. The van der Waals surface area contributed by atoms with Crippen molar-refractivity contribution in [2.75, 3.05) is 6.54 Å². The molecule has 0 unspecified atom stereocenters. The molecule has 0 bridgehead atoms. The van der Waals surface area contributed by atoms with Crippen molar-refractivity contribution in [1.29, 1.82) is 0 Å². The standard InChI is InChI=1S/C18H17NO3/c20-18(10-9-15-7-4-12-21-15)19-11-3-6-16-13-14-5-1-2-8-17(14)22-16/h1-2,4-5,7-10,12-13H,3,6,11H2,(H,19,20)/b10-9+. The molecule has 0 saturated carbocycles. The molecule has 4 heteroatoms. The summed E-state index contributed by atoms with van der Waals surface area (Å²) in [6.07, 6.45) is 6.33. The number of fused-ring (bicyclic) bond motifs is 1. The van der Waals surface area contributed by atoms with E-state index in [1.54, 1.807) is 24.5 Å². The van der Waals surface area contributed by atoms with Gasteiger partial charge in [-0.2, -0.15) is 0 Å². The lowest BCUT2D eigenvalue weighted by Gasteiger charge is -2.00. The smallest absolute Gasteiger partial charge is 0.244 e. The maximum absolute atomic E-state index is 11.6. The molecule has 0 aliphatic heterocycles. The predicted octanol–water partition coefficient (Wildman–Crippen LogP) is 3.79. The van der Waals surface area contributed by atoms with Crippen molar-refractivity contribution in [3.63, 3.8) is 0 Å². The lowest BCUT2D eigenvalue weighted by atomic mass is 10.2. The summed E-state index contributed by atoms with van der Waals surface area (Å²) in [5, 5.41) is 3.95. The van der Waals surface area contributed by atoms with Crippen LogP contribution in [0.25, 0.3) is 17.0 Å². The van der Waals surface area contributed by atoms with E-state index < -0.39 is 0 Å². The average molecular weight is 295 g/mol. The molecule has 1 N–H and O–H groups in total. The minimum Gasteiger partial charge on any atom is -0.465 e. The van der Waals surface area contributed by atoms with E-state index in [9.17, 15) is 4.79 Å². The number of amides is 1. The van der Waals surface area contributed by atoms with Gasteiger partial charge in [0.05, 0.1) is 6.26 Å². The van der Waals surface area contributed by atoms with Gasteiger partial charge >= 0.3 is 0 Å². The Morgan fingerprint density at radius 3 is 2.91 bits per heavy atom. The van der Waals surface area contributed by atoms with Crippen LogP contribution in [0.2, 0.25) is 0 Å². The molecule has 112 valence electrons. The Bertz CT molecular complexity index is 736. The third kappa shape index (κ3) is 3.67. The SMILES string of the molecule is O=C(/C=C/c1ccco1)NCCCc1cc2ccccc2o1. The van der Waals surface area contributed by atoms with Crippen molar-refractivity contribution >= 4 is 23.0 Å². The molecule has 22 heavy (non-hydrogen) atoms. The second kappa shape index (κ2) is 6.80. The fraction of sp³-hybridized carbons (Fsp3) is 0.167. The predicted molar refractivity (Wildman–Crippen MR) is 85.3 cm³/mol. The summed E-state index contributed by atoms with van der Waals surface area (Å²) in [6.45, 7) is 0.609. The maximum Gasteiger partial charge on any atom is 0.244 e. The first kappa shape index (κ1) is 14.2. The fourth-order valence-electron chi connectivity index (χ4n) is 2.24. The minimum absolute atomic E-state index is 0.124. The highest BCUT2D eigenvalue weighted by atomic mass is 16.3. The first-order valence-electron chi connectivity index (χ1n) is 7.28. The topological polar surface area (TPSA) is 55.4 Å². The highest BCUT2D eigenvalue weighted by Gasteiger charge is 2.03. The molecule has 1 amide bonds. The molecule has 0 spiro atoms. The number of para-hydroxylation sites is 1. The van der Waals surface area contributed by atoms with Gasteiger partial charge in [0, 0.05) is 24.4 Å². The van der Waals surface area contributed by atoms with Crippen LogP contribution in [0.4, 0.5) is 0 Å². The molecular formula is C18H17NO3. The summed E-state index contributed by atoms with van der Waals surface area (Å²) < 4.78 is 10.8. The zero-order valence-corrected chi connectivity index (χ0v) is 12.1. The molecular weight excluding hydrogens is 278 g/mol. The molecule has 0 atom stereocenters. The number of nitrogens with one attached hydrogen (secondary N) is 1. The van der Waals surface area contributed by atoms with E-state index >= 15 is 0 Å². The summed E-state index contributed by atoms with van der Waals surface area (Å²) in [5.74, 6) is 1.49. The summed E-state index contributed by atoms with van der Waals surface area (Å²) in [6, 6.07) is 13.6. The second-order valence-corrected chi connectivity index (χ2v) is 4.99. The highest BCUT2D eigenvalue weighted by molar-refractivity contribution is 5.91. The van der Waals surface area contributed by atoms with E-state index in [1.165, 1.54) is 6.08 Å². The van der Waals surface area contributed by atoms with Crippen LogP contribution >= 0.6 is 0 Å². The summed E-state index contributed by atoms with van der Waals surface area (Å²) in [4.78, 5) is 11.6. The third-order valence-corrected chi connectivity index (χ3v) is 3.32.